The first kappa shape index (κ1) is 19.7. The summed E-state index contributed by atoms with van der Waals surface area (Å²) in [5.74, 6) is -0.541. The number of hydroxylamine groups is 1. The van der Waals surface area contributed by atoms with Crippen molar-refractivity contribution in [2.45, 2.75) is 77.4 Å². The van der Waals surface area contributed by atoms with Crippen LogP contribution in [0.2, 0.25) is 0 Å². The molecule has 0 aromatic carbocycles. The van der Waals surface area contributed by atoms with Crippen molar-refractivity contribution in [3.63, 3.8) is 0 Å². The molecule has 23 heavy (non-hydrogen) atoms. The van der Waals surface area contributed by atoms with E-state index in [4.69, 9.17) is 20.0 Å². The first-order valence-corrected chi connectivity index (χ1v) is 7.85. The predicted molar refractivity (Wildman–Crippen MR) is 84.2 cm³/mol. The second-order valence-electron chi connectivity index (χ2n) is 7.21. The maximum Gasteiger partial charge on any atom is 0.408 e. The van der Waals surface area contributed by atoms with E-state index in [-0.39, 0.29) is 0 Å². The lowest BCUT2D eigenvalue weighted by Crippen LogP contribution is -2.62. The summed E-state index contributed by atoms with van der Waals surface area (Å²) < 4.78 is 10.5. The highest BCUT2D eigenvalue weighted by Gasteiger charge is 2.35. The summed E-state index contributed by atoms with van der Waals surface area (Å²) in [5.41, 5.74) is 6.58. The molecule has 134 valence electrons. The Morgan fingerprint density at radius 1 is 1.22 bits per heavy atom. The second kappa shape index (κ2) is 7.94. The van der Waals surface area contributed by atoms with E-state index in [1.54, 1.807) is 34.6 Å². The van der Waals surface area contributed by atoms with Crippen LogP contribution >= 0.6 is 0 Å². The minimum absolute atomic E-state index is 0.457. The lowest BCUT2D eigenvalue weighted by atomic mass is 9.95. The van der Waals surface area contributed by atoms with Crippen molar-refractivity contribution in [2.24, 2.45) is 5.73 Å². The Labute approximate surface area is 137 Å². The molecule has 1 heterocycles. The molecule has 2 atom stereocenters. The molecule has 2 amide bonds. The van der Waals surface area contributed by atoms with Crippen LogP contribution in [0.25, 0.3) is 0 Å². The summed E-state index contributed by atoms with van der Waals surface area (Å²) in [4.78, 5) is 29.1. The van der Waals surface area contributed by atoms with E-state index < -0.39 is 35.5 Å². The van der Waals surface area contributed by atoms with Crippen molar-refractivity contribution < 1.29 is 23.9 Å². The number of hydrogen-bond donors (Lipinski definition) is 3. The smallest absolute Gasteiger partial charge is 0.408 e. The molecular weight excluding hydrogens is 302 g/mol. The van der Waals surface area contributed by atoms with Gasteiger partial charge in [-0.1, -0.05) is 0 Å². The van der Waals surface area contributed by atoms with Crippen molar-refractivity contribution in [3.05, 3.63) is 0 Å². The highest BCUT2D eigenvalue weighted by molar-refractivity contribution is 5.83. The zero-order chi connectivity index (χ0) is 17.7. The first-order valence-electron chi connectivity index (χ1n) is 7.85. The molecule has 1 aliphatic heterocycles. The molecule has 1 rings (SSSR count). The van der Waals surface area contributed by atoms with E-state index in [2.05, 4.69) is 10.8 Å². The lowest BCUT2D eigenvalue weighted by Gasteiger charge is -2.33. The van der Waals surface area contributed by atoms with E-state index in [9.17, 15) is 9.59 Å². The molecule has 0 aromatic rings. The van der Waals surface area contributed by atoms with Crippen molar-refractivity contribution in [3.8, 4) is 0 Å². The van der Waals surface area contributed by atoms with Crippen LogP contribution in [0.15, 0.2) is 0 Å². The molecule has 0 bridgehead atoms. The highest BCUT2D eigenvalue weighted by Crippen LogP contribution is 2.14. The number of nitrogens with two attached hydrogens (primary N) is 1. The van der Waals surface area contributed by atoms with Gasteiger partial charge in [-0.2, -0.15) is 0 Å². The summed E-state index contributed by atoms with van der Waals surface area (Å²) in [6.07, 6.45) is 1.59. The molecule has 1 unspecified atom stereocenters. The molecule has 4 N–H and O–H groups in total. The van der Waals surface area contributed by atoms with Crippen LogP contribution in [0, 0.1) is 0 Å². The van der Waals surface area contributed by atoms with Crippen LogP contribution < -0.4 is 16.5 Å². The van der Waals surface area contributed by atoms with Gasteiger partial charge >= 0.3 is 6.09 Å². The van der Waals surface area contributed by atoms with Gasteiger partial charge in [0.1, 0.15) is 11.6 Å². The minimum atomic E-state index is -1.02. The average Bonchev–Trinajstić information content (AvgIpc) is 2.42. The zero-order valence-electron chi connectivity index (χ0n) is 14.6. The molecule has 1 aliphatic rings. The fourth-order valence-corrected chi connectivity index (χ4v) is 1.96. The SMILES string of the molecule is CC(C)(C)OC(=O)NC(C)(C)[C@@H](N)C(=O)NOC1CCCCO1. The van der Waals surface area contributed by atoms with Gasteiger partial charge in [-0.05, 0) is 47.5 Å². The predicted octanol–water partition coefficient (Wildman–Crippen LogP) is 1.19. The third kappa shape index (κ3) is 7.15. The molecular formula is C15H29N3O5. The summed E-state index contributed by atoms with van der Waals surface area (Å²) >= 11 is 0. The maximum atomic E-state index is 12.1. The van der Waals surface area contributed by atoms with E-state index in [1.807, 2.05) is 0 Å². The normalized spacial score (nSPS) is 20.5. The van der Waals surface area contributed by atoms with Gasteiger partial charge in [-0.25, -0.2) is 15.1 Å². The van der Waals surface area contributed by atoms with Crippen LogP contribution in [0.3, 0.4) is 0 Å². The molecule has 0 aromatic heterocycles. The number of hydrogen-bond acceptors (Lipinski definition) is 6. The maximum absolute atomic E-state index is 12.1. The standard InChI is InChI=1S/C15H29N3O5/c1-14(2,3)22-13(20)17-15(4,5)11(16)12(19)18-23-10-8-6-7-9-21-10/h10-11H,6-9,16H2,1-5H3,(H,17,20)(H,18,19)/t10?,11-/m0/s1. The monoisotopic (exact) mass is 331 g/mol. The summed E-state index contributed by atoms with van der Waals surface area (Å²) in [5, 5.41) is 2.60. The summed E-state index contributed by atoms with van der Waals surface area (Å²) in [7, 11) is 0. The first-order chi connectivity index (χ1) is 10.5. The number of carbonyl (C=O) groups excluding carboxylic acids is 2. The lowest BCUT2D eigenvalue weighted by molar-refractivity contribution is -0.201. The summed E-state index contributed by atoms with van der Waals surface area (Å²) in [6.45, 7) is 9.15. The van der Waals surface area contributed by atoms with Gasteiger partial charge in [0.25, 0.3) is 5.91 Å². The van der Waals surface area contributed by atoms with Crippen molar-refractivity contribution in [1.29, 1.82) is 0 Å². The van der Waals surface area contributed by atoms with Gasteiger partial charge in [0.05, 0.1) is 5.54 Å². The van der Waals surface area contributed by atoms with E-state index in [0.29, 0.717) is 6.61 Å². The van der Waals surface area contributed by atoms with Crippen molar-refractivity contribution >= 4 is 12.0 Å². The van der Waals surface area contributed by atoms with E-state index >= 15 is 0 Å². The fraction of sp³-hybridized carbons (Fsp3) is 0.867. The van der Waals surface area contributed by atoms with Gasteiger partial charge in [0.15, 0.2) is 6.29 Å². The topological polar surface area (TPSA) is 112 Å². The number of ether oxygens (including phenoxy) is 2. The fourth-order valence-electron chi connectivity index (χ4n) is 1.96. The Hall–Kier alpha value is -1.38. The highest BCUT2D eigenvalue weighted by atomic mass is 16.8. The molecule has 0 saturated carbocycles. The van der Waals surface area contributed by atoms with Crippen LogP contribution in [0.1, 0.15) is 53.9 Å². The molecule has 0 radical (unpaired) electrons. The molecule has 1 fully saturated rings. The van der Waals surface area contributed by atoms with Gasteiger partial charge < -0.3 is 20.5 Å². The van der Waals surface area contributed by atoms with E-state index in [1.165, 1.54) is 0 Å². The van der Waals surface area contributed by atoms with Gasteiger partial charge in [-0.15, -0.1) is 0 Å². The average molecular weight is 331 g/mol. The third-order valence-electron chi connectivity index (χ3n) is 3.31. The second-order valence-corrected chi connectivity index (χ2v) is 7.21. The van der Waals surface area contributed by atoms with Gasteiger partial charge in [0.2, 0.25) is 0 Å². The van der Waals surface area contributed by atoms with Crippen LogP contribution in [0.4, 0.5) is 4.79 Å². The molecule has 1 saturated heterocycles. The molecule has 0 spiro atoms. The Kier molecular flexibility index (Phi) is 6.79. The van der Waals surface area contributed by atoms with Crippen molar-refractivity contribution in [2.75, 3.05) is 6.61 Å². The molecule has 8 heteroatoms. The largest absolute Gasteiger partial charge is 0.444 e. The van der Waals surface area contributed by atoms with Crippen LogP contribution in [-0.2, 0) is 19.1 Å². The number of carbonyl (C=O) groups is 2. The Morgan fingerprint density at radius 3 is 2.39 bits per heavy atom. The number of amides is 2. The van der Waals surface area contributed by atoms with E-state index in [0.717, 1.165) is 19.3 Å². The number of rotatable bonds is 5. The Bertz CT molecular complexity index is 414. The van der Waals surface area contributed by atoms with Crippen LogP contribution in [0.5, 0.6) is 0 Å². The zero-order valence-corrected chi connectivity index (χ0v) is 14.6. The number of nitrogens with one attached hydrogen (secondary N) is 2. The minimum Gasteiger partial charge on any atom is -0.444 e. The Balaban J connectivity index is 2.47. The third-order valence-corrected chi connectivity index (χ3v) is 3.31. The number of alkyl carbamates (subject to hydrolysis) is 1. The van der Waals surface area contributed by atoms with Crippen molar-refractivity contribution in [1.82, 2.24) is 10.8 Å². The Morgan fingerprint density at radius 2 is 1.87 bits per heavy atom. The van der Waals surface area contributed by atoms with Crippen LogP contribution in [-0.4, -0.2) is 42.1 Å². The van der Waals surface area contributed by atoms with Gasteiger partial charge in [-0.3, -0.25) is 4.79 Å². The quantitative estimate of drug-likeness (QED) is 0.653. The molecule has 0 aliphatic carbocycles. The van der Waals surface area contributed by atoms with Gasteiger partial charge in [0, 0.05) is 13.0 Å². The molecule has 8 nitrogen and oxygen atoms in total. The summed E-state index contributed by atoms with van der Waals surface area (Å²) in [6, 6.07) is -1.02.